The Morgan fingerprint density at radius 2 is 1.06 bits per heavy atom. The van der Waals surface area contributed by atoms with E-state index in [1.165, 1.54) is 34.4 Å². The zero-order valence-electron chi connectivity index (χ0n) is 27.2. The number of hydrogen-bond acceptors (Lipinski definition) is 5. The van der Waals surface area contributed by atoms with Gasteiger partial charge in [-0.1, -0.05) is 31.2 Å². The van der Waals surface area contributed by atoms with Crippen LogP contribution < -0.4 is 37.5 Å². The Hall–Kier alpha value is -5.07. The van der Waals surface area contributed by atoms with E-state index in [4.69, 9.17) is 11.5 Å². The number of carbonyl (C=O) groups is 2. The number of ether oxygens (including phenoxy) is 1. The minimum atomic E-state index is -4.75. The predicted molar refractivity (Wildman–Crippen MR) is 187 cm³/mol. The zero-order chi connectivity index (χ0) is 35.0. The van der Waals surface area contributed by atoms with Crippen LogP contribution in [0.1, 0.15) is 47.6 Å². The summed E-state index contributed by atoms with van der Waals surface area (Å²) in [5.74, 6) is -0.351. The fourth-order valence-electron chi connectivity index (χ4n) is 5.87. The highest BCUT2D eigenvalue weighted by atomic mass is 19.4. The molecule has 0 fully saturated rings. The number of halogens is 3. The van der Waals surface area contributed by atoms with Crippen LogP contribution in [0.2, 0.25) is 0 Å². The molecule has 4 aromatic carbocycles. The molecule has 0 saturated heterocycles. The van der Waals surface area contributed by atoms with Crippen molar-refractivity contribution < 1.29 is 27.5 Å². The van der Waals surface area contributed by atoms with E-state index in [0.717, 1.165) is 74.0 Å². The van der Waals surface area contributed by atoms with Crippen molar-refractivity contribution in [2.45, 2.75) is 70.3 Å². The van der Waals surface area contributed by atoms with Crippen LogP contribution in [0.5, 0.6) is 5.75 Å². The third kappa shape index (κ3) is 10.7. The molecule has 12 heteroatoms. The number of benzene rings is 4. The molecule has 49 heavy (non-hydrogen) atoms. The number of hydrogen-bond donors (Lipinski definition) is 6. The van der Waals surface area contributed by atoms with Gasteiger partial charge >= 0.3 is 18.4 Å². The van der Waals surface area contributed by atoms with Crippen LogP contribution in [0.25, 0.3) is 0 Å². The Morgan fingerprint density at radius 1 is 0.653 bits per heavy atom. The van der Waals surface area contributed by atoms with Gasteiger partial charge in [-0.05, 0) is 133 Å². The first-order chi connectivity index (χ1) is 23.4. The van der Waals surface area contributed by atoms with Gasteiger partial charge in [0.2, 0.25) is 0 Å². The minimum absolute atomic E-state index is 0.175. The molecule has 0 unspecified atom stereocenters. The molecule has 4 amide bonds. The molecule has 2 aliphatic rings. The van der Waals surface area contributed by atoms with Crippen LogP contribution in [-0.4, -0.2) is 30.5 Å². The average Bonchev–Trinajstić information content (AvgIpc) is 3.06. The number of urea groups is 2. The largest absolute Gasteiger partial charge is 0.573 e. The van der Waals surface area contributed by atoms with Gasteiger partial charge in [0.1, 0.15) is 5.75 Å². The first-order valence-corrected chi connectivity index (χ1v) is 16.3. The molecular formula is C37H41F3N6O3. The number of aryl methyl sites for hydroxylation is 3. The first kappa shape index (κ1) is 35.2. The van der Waals surface area contributed by atoms with Gasteiger partial charge in [0.05, 0.1) is 0 Å². The molecule has 0 saturated carbocycles. The zero-order valence-corrected chi connectivity index (χ0v) is 27.2. The molecular weight excluding hydrogens is 633 g/mol. The molecule has 2 aliphatic carbocycles. The number of fused-ring (bicyclic) bond motifs is 2. The van der Waals surface area contributed by atoms with Gasteiger partial charge < -0.3 is 37.5 Å². The summed E-state index contributed by atoms with van der Waals surface area (Å²) in [5, 5.41) is 11.0. The summed E-state index contributed by atoms with van der Waals surface area (Å²) >= 11 is 0. The molecule has 0 bridgehead atoms. The number of carbonyl (C=O) groups excluding carboxylic acids is 2. The third-order valence-corrected chi connectivity index (χ3v) is 8.43. The van der Waals surface area contributed by atoms with Crippen LogP contribution >= 0.6 is 0 Å². The molecule has 8 N–H and O–H groups in total. The summed E-state index contributed by atoms with van der Waals surface area (Å²) in [6, 6.07) is 24.3. The minimum Gasteiger partial charge on any atom is -0.406 e. The average molecular weight is 675 g/mol. The Kier molecular flexibility index (Phi) is 11.4. The number of anilines is 4. The molecule has 0 spiro atoms. The van der Waals surface area contributed by atoms with Gasteiger partial charge in [-0.15, -0.1) is 13.2 Å². The third-order valence-electron chi connectivity index (χ3n) is 8.43. The number of alkyl halides is 3. The number of amides is 4. The molecule has 2 atom stereocenters. The second kappa shape index (κ2) is 15.9. The van der Waals surface area contributed by atoms with Gasteiger partial charge in [0.25, 0.3) is 0 Å². The maximum absolute atomic E-state index is 12.1. The van der Waals surface area contributed by atoms with Crippen molar-refractivity contribution in [1.82, 2.24) is 0 Å². The second-order valence-electron chi connectivity index (χ2n) is 12.3. The molecule has 6 rings (SSSR count). The normalized spacial score (nSPS) is 16.5. The lowest BCUT2D eigenvalue weighted by Gasteiger charge is -2.22. The van der Waals surface area contributed by atoms with Crippen LogP contribution in [0.4, 0.5) is 45.5 Å². The topological polar surface area (TPSA) is 144 Å². The molecule has 0 heterocycles. The fourth-order valence-corrected chi connectivity index (χ4v) is 5.87. The van der Waals surface area contributed by atoms with Crippen LogP contribution in [0.3, 0.4) is 0 Å². The van der Waals surface area contributed by atoms with Gasteiger partial charge in [-0.25, -0.2) is 9.59 Å². The lowest BCUT2D eigenvalue weighted by atomic mass is 9.88. The van der Waals surface area contributed by atoms with Crippen molar-refractivity contribution in [3.8, 4) is 5.75 Å². The molecule has 0 aliphatic heterocycles. The van der Waals surface area contributed by atoms with E-state index in [1.54, 1.807) is 6.07 Å². The Labute approximate surface area is 283 Å². The second-order valence-corrected chi connectivity index (χ2v) is 12.3. The van der Waals surface area contributed by atoms with E-state index in [2.05, 4.69) is 45.1 Å². The van der Waals surface area contributed by atoms with Crippen molar-refractivity contribution >= 4 is 34.8 Å². The molecule has 258 valence electrons. The fraction of sp³-hybridized carbons (Fsp3) is 0.297. The van der Waals surface area contributed by atoms with Crippen molar-refractivity contribution in [2.75, 3.05) is 21.3 Å². The summed E-state index contributed by atoms with van der Waals surface area (Å²) in [5.41, 5.74) is 20.7. The number of nitrogens with two attached hydrogens (primary N) is 2. The monoisotopic (exact) mass is 674 g/mol. The summed E-state index contributed by atoms with van der Waals surface area (Å²) < 4.78 is 40.2. The van der Waals surface area contributed by atoms with E-state index < -0.39 is 12.4 Å². The maximum atomic E-state index is 12.1. The predicted octanol–water partition coefficient (Wildman–Crippen LogP) is 7.75. The lowest BCUT2D eigenvalue weighted by molar-refractivity contribution is -0.274. The van der Waals surface area contributed by atoms with Gasteiger partial charge in [0.15, 0.2) is 0 Å². The van der Waals surface area contributed by atoms with Crippen LogP contribution in [-0.2, 0) is 32.1 Å². The van der Waals surface area contributed by atoms with E-state index >= 15 is 0 Å². The Balaban J connectivity index is 0.000000192. The standard InChI is InChI=1S/C19H23N3O.C18H18F3N3O2/c1-2-13-3-8-17(9-4-13)21-19(23)22-18-10-6-14-11-16(20)7-5-15(14)12-18;19-18(20,21)26-16-7-5-14(6-8-16)23-17(25)24-15-4-2-11-9-13(22)3-1-12(11)10-15/h3-4,6,8-10,12,16H,2,5,7,11,20H2,1H3,(H2,21,22,23);2,4-8,10,13H,1,3,9,22H2,(H2,23,24,25)/t16-;13-/m00/s1. The van der Waals surface area contributed by atoms with Crippen LogP contribution in [0, 0.1) is 0 Å². The van der Waals surface area contributed by atoms with Crippen molar-refractivity contribution in [3.05, 3.63) is 113 Å². The van der Waals surface area contributed by atoms with Crippen molar-refractivity contribution in [2.24, 2.45) is 11.5 Å². The van der Waals surface area contributed by atoms with Gasteiger partial charge in [-0.3, -0.25) is 0 Å². The van der Waals surface area contributed by atoms with Gasteiger partial charge in [0, 0.05) is 34.8 Å². The summed E-state index contributed by atoms with van der Waals surface area (Å²) in [6.07, 6.45) is 1.76. The SMILES string of the molecule is CCc1ccc(NC(=O)Nc2ccc3c(c2)CC[C@H](N)C3)cc1.N[C@H]1CCc2cc(NC(=O)Nc3ccc(OC(F)(F)F)cc3)ccc2C1. The highest BCUT2D eigenvalue weighted by Gasteiger charge is 2.31. The quantitative estimate of drug-likeness (QED) is 0.124. The molecule has 4 aromatic rings. The highest BCUT2D eigenvalue weighted by molar-refractivity contribution is 6.00. The highest BCUT2D eigenvalue weighted by Crippen LogP contribution is 2.27. The maximum Gasteiger partial charge on any atom is 0.573 e. The Bertz CT molecular complexity index is 1750. The Morgan fingerprint density at radius 3 is 1.49 bits per heavy atom. The molecule has 9 nitrogen and oxygen atoms in total. The molecule has 0 aromatic heterocycles. The number of rotatable bonds is 6. The van der Waals surface area contributed by atoms with E-state index in [0.29, 0.717) is 11.4 Å². The lowest BCUT2D eigenvalue weighted by Crippen LogP contribution is -2.28. The van der Waals surface area contributed by atoms with E-state index in [-0.39, 0.29) is 23.9 Å². The summed E-state index contributed by atoms with van der Waals surface area (Å²) in [6.45, 7) is 2.11. The number of nitrogens with one attached hydrogen (secondary N) is 4. The van der Waals surface area contributed by atoms with Crippen molar-refractivity contribution in [1.29, 1.82) is 0 Å². The first-order valence-electron chi connectivity index (χ1n) is 16.3. The van der Waals surface area contributed by atoms with Crippen LogP contribution in [0.15, 0.2) is 84.9 Å². The van der Waals surface area contributed by atoms with E-state index in [1.807, 2.05) is 42.5 Å². The van der Waals surface area contributed by atoms with Gasteiger partial charge in [-0.2, -0.15) is 0 Å². The van der Waals surface area contributed by atoms with Crippen molar-refractivity contribution in [3.63, 3.8) is 0 Å². The molecule has 0 radical (unpaired) electrons. The van der Waals surface area contributed by atoms with E-state index in [9.17, 15) is 22.8 Å². The summed E-state index contributed by atoms with van der Waals surface area (Å²) in [7, 11) is 0. The smallest absolute Gasteiger partial charge is 0.406 e. The summed E-state index contributed by atoms with van der Waals surface area (Å²) in [4.78, 5) is 24.2.